The van der Waals surface area contributed by atoms with Crippen molar-refractivity contribution in [1.82, 2.24) is 5.32 Å². The van der Waals surface area contributed by atoms with Crippen LogP contribution in [-0.2, 0) is 0 Å². The highest BCUT2D eigenvalue weighted by atomic mass is 35.5. The number of piperidine rings is 1. The maximum atomic E-state index is 6.11. The monoisotopic (exact) mass is 249 g/mol. The number of rotatable bonds is 1. The van der Waals surface area contributed by atoms with Crippen molar-refractivity contribution in [3.05, 3.63) is 35.0 Å². The highest BCUT2D eigenvalue weighted by Crippen LogP contribution is 2.37. The first-order valence-corrected chi connectivity index (χ1v) is 6.51. The Morgan fingerprint density at radius 2 is 2.29 bits per heavy atom. The fourth-order valence-electron chi connectivity index (χ4n) is 2.82. The summed E-state index contributed by atoms with van der Waals surface area (Å²) in [6.07, 6.45) is 2.81. The second-order valence-corrected chi connectivity index (χ2v) is 5.29. The van der Waals surface area contributed by atoms with Gasteiger partial charge in [-0.1, -0.05) is 30.7 Å². The van der Waals surface area contributed by atoms with Crippen LogP contribution in [0.15, 0.2) is 28.9 Å². The predicted octanol–water partition coefficient (Wildman–Crippen LogP) is 3.80. The van der Waals surface area contributed by atoms with Gasteiger partial charge in [-0.3, -0.25) is 0 Å². The number of nitrogens with one attached hydrogen (secondary N) is 1. The molecule has 2 atom stereocenters. The molecule has 0 saturated carbocycles. The summed E-state index contributed by atoms with van der Waals surface area (Å²) in [5.74, 6) is 1.21. The number of furan rings is 1. The summed E-state index contributed by atoms with van der Waals surface area (Å²) in [6, 6.07) is 6.28. The van der Waals surface area contributed by atoms with Crippen LogP contribution in [0, 0.1) is 5.92 Å². The van der Waals surface area contributed by atoms with E-state index in [-0.39, 0.29) is 0 Å². The van der Waals surface area contributed by atoms with Gasteiger partial charge in [0.05, 0.1) is 5.02 Å². The van der Waals surface area contributed by atoms with Crippen LogP contribution in [0.4, 0.5) is 0 Å². The summed E-state index contributed by atoms with van der Waals surface area (Å²) in [5.41, 5.74) is 2.28. The van der Waals surface area contributed by atoms with Gasteiger partial charge in [0.2, 0.25) is 0 Å². The smallest absolute Gasteiger partial charge is 0.138 e. The zero-order valence-electron chi connectivity index (χ0n) is 9.87. The van der Waals surface area contributed by atoms with E-state index in [0.29, 0.717) is 16.9 Å². The van der Waals surface area contributed by atoms with Crippen LogP contribution in [0.25, 0.3) is 11.0 Å². The molecular formula is C14H16ClNO. The summed E-state index contributed by atoms with van der Waals surface area (Å²) < 4.78 is 5.63. The van der Waals surface area contributed by atoms with Crippen LogP contribution in [0.3, 0.4) is 0 Å². The second-order valence-electron chi connectivity index (χ2n) is 4.88. The molecule has 0 aliphatic carbocycles. The van der Waals surface area contributed by atoms with Crippen LogP contribution in [0.2, 0.25) is 5.02 Å². The molecule has 0 radical (unpaired) electrons. The van der Waals surface area contributed by atoms with Gasteiger partial charge in [0, 0.05) is 5.39 Å². The zero-order chi connectivity index (χ0) is 11.8. The van der Waals surface area contributed by atoms with E-state index in [1.807, 2.05) is 6.07 Å². The Morgan fingerprint density at radius 3 is 3.12 bits per heavy atom. The van der Waals surface area contributed by atoms with Gasteiger partial charge in [0.15, 0.2) is 0 Å². The Morgan fingerprint density at radius 1 is 1.41 bits per heavy atom. The number of halogens is 1. The molecule has 1 N–H and O–H groups in total. The molecule has 17 heavy (non-hydrogen) atoms. The first-order valence-electron chi connectivity index (χ1n) is 6.13. The third-order valence-electron chi connectivity index (χ3n) is 3.77. The molecule has 0 unspecified atom stereocenters. The highest BCUT2D eigenvalue weighted by molar-refractivity contribution is 6.35. The van der Waals surface area contributed by atoms with E-state index >= 15 is 0 Å². The quantitative estimate of drug-likeness (QED) is 0.832. The number of benzene rings is 1. The maximum absolute atomic E-state index is 6.11. The van der Waals surface area contributed by atoms with Crippen LogP contribution in [0.1, 0.15) is 24.8 Å². The van der Waals surface area contributed by atoms with Crippen LogP contribution in [-0.4, -0.2) is 13.1 Å². The largest absolute Gasteiger partial charge is 0.462 e. The SMILES string of the molecule is C[C@@H]1CNCC[C@@H]1c1cccc2c(Cl)coc12. The van der Waals surface area contributed by atoms with E-state index in [9.17, 15) is 0 Å². The maximum Gasteiger partial charge on any atom is 0.138 e. The van der Waals surface area contributed by atoms with Crippen molar-refractivity contribution in [2.75, 3.05) is 13.1 Å². The molecule has 0 spiro atoms. The van der Waals surface area contributed by atoms with Gasteiger partial charge in [0.1, 0.15) is 11.8 Å². The van der Waals surface area contributed by atoms with Crippen molar-refractivity contribution in [2.24, 2.45) is 5.92 Å². The zero-order valence-corrected chi connectivity index (χ0v) is 10.6. The van der Waals surface area contributed by atoms with Crippen molar-refractivity contribution in [2.45, 2.75) is 19.3 Å². The molecule has 2 aromatic rings. The number of para-hydroxylation sites is 1. The van der Waals surface area contributed by atoms with E-state index in [1.165, 1.54) is 12.0 Å². The molecule has 3 rings (SSSR count). The third-order valence-corrected chi connectivity index (χ3v) is 4.06. The molecule has 1 aliphatic rings. The van der Waals surface area contributed by atoms with Gasteiger partial charge < -0.3 is 9.73 Å². The normalized spacial score (nSPS) is 25.3. The first kappa shape index (κ1) is 11.1. The van der Waals surface area contributed by atoms with E-state index in [2.05, 4.69) is 24.4 Å². The number of hydrogen-bond donors (Lipinski definition) is 1. The second kappa shape index (κ2) is 4.35. The van der Waals surface area contributed by atoms with Gasteiger partial charge >= 0.3 is 0 Å². The average Bonchev–Trinajstić information content (AvgIpc) is 2.72. The Bertz CT molecular complexity index is 534. The molecule has 1 saturated heterocycles. The van der Waals surface area contributed by atoms with Crippen LogP contribution >= 0.6 is 11.6 Å². The van der Waals surface area contributed by atoms with E-state index < -0.39 is 0 Å². The van der Waals surface area contributed by atoms with E-state index in [0.717, 1.165) is 24.1 Å². The van der Waals surface area contributed by atoms with E-state index in [4.69, 9.17) is 16.0 Å². The fourth-order valence-corrected chi connectivity index (χ4v) is 3.01. The minimum atomic E-state index is 0.571. The average molecular weight is 250 g/mol. The standard InChI is InChI=1S/C14H16ClNO/c1-9-7-16-6-5-10(9)11-3-2-4-12-13(15)8-17-14(11)12/h2-4,8-10,16H,5-7H2,1H3/t9-,10+/m1/s1. The third kappa shape index (κ3) is 1.85. The Kier molecular flexibility index (Phi) is 2.85. The fraction of sp³-hybridized carbons (Fsp3) is 0.429. The molecule has 3 heteroatoms. The Balaban J connectivity index is 2.10. The summed E-state index contributed by atoms with van der Waals surface area (Å²) in [7, 11) is 0. The molecular weight excluding hydrogens is 234 g/mol. The summed E-state index contributed by atoms with van der Waals surface area (Å²) in [5, 5.41) is 5.18. The van der Waals surface area contributed by atoms with Crippen molar-refractivity contribution in [3.8, 4) is 0 Å². The van der Waals surface area contributed by atoms with Gasteiger partial charge in [-0.05, 0) is 43.0 Å². The Hall–Kier alpha value is -0.990. The van der Waals surface area contributed by atoms with Crippen LogP contribution in [0.5, 0.6) is 0 Å². The highest BCUT2D eigenvalue weighted by Gasteiger charge is 2.25. The summed E-state index contributed by atoms with van der Waals surface area (Å²) in [4.78, 5) is 0. The van der Waals surface area contributed by atoms with Gasteiger partial charge in [-0.2, -0.15) is 0 Å². The molecule has 1 aliphatic heterocycles. The lowest BCUT2D eigenvalue weighted by Crippen LogP contribution is -2.33. The molecule has 1 aromatic heterocycles. The molecule has 1 aromatic carbocycles. The minimum absolute atomic E-state index is 0.571. The first-order chi connectivity index (χ1) is 8.27. The number of fused-ring (bicyclic) bond motifs is 1. The summed E-state index contributed by atoms with van der Waals surface area (Å²) >= 11 is 6.11. The Labute approximate surface area is 106 Å². The minimum Gasteiger partial charge on any atom is -0.462 e. The molecule has 2 heterocycles. The van der Waals surface area contributed by atoms with Gasteiger partial charge in [-0.15, -0.1) is 0 Å². The number of hydrogen-bond acceptors (Lipinski definition) is 2. The van der Waals surface area contributed by atoms with E-state index in [1.54, 1.807) is 6.26 Å². The lowest BCUT2D eigenvalue weighted by atomic mass is 9.82. The van der Waals surface area contributed by atoms with Crippen molar-refractivity contribution in [1.29, 1.82) is 0 Å². The van der Waals surface area contributed by atoms with Crippen molar-refractivity contribution < 1.29 is 4.42 Å². The molecule has 90 valence electrons. The lowest BCUT2D eigenvalue weighted by Gasteiger charge is -2.29. The predicted molar refractivity (Wildman–Crippen MR) is 70.6 cm³/mol. The van der Waals surface area contributed by atoms with Crippen molar-refractivity contribution >= 4 is 22.6 Å². The van der Waals surface area contributed by atoms with Crippen LogP contribution < -0.4 is 5.32 Å². The molecule has 0 amide bonds. The van der Waals surface area contributed by atoms with Gasteiger partial charge in [0.25, 0.3) is 0 Å². The topological polar surface area (TPSA) is 25.2 Å². The van der Waals surface area contributed by atoms with Crippen molar-refractivity contribution in [3.63, 3.8) is 0 Å². The molecule has 0 bridgehead atoms. The molecule has 2 nitrogen and oxygen atoms in total. The molecule has 1 fully saturated rings. The van der Waals surface area contributed by atoms with Gasteiger partial charge in [-0.25, -0.2) is 0 Å². The summed E-state index contributed by atoms with van der Waals surface area (Å²) in [6.45, 7) is 4.45. The lowest BCUT2D eigenvalue weighted by molar-refractivity contribution is 0.349.